The summed E-state index contributed by atoms with van der Waals surface area (Å²) in [6, 6.07) is 13.2. The molecule has 0 aliphatic carbocycles. The van der Waals surface area contributed by atoms with Gasteiger partial charge in [-0.3, -0.25) is 19.3 Å². The molecule has 0 atom stereocenters. The Kier molecular flexibility index (Phi) is 8.47. The third-order valence-corrected chi connectivity index (χ3v) is 6.30. The molecule has 3 amide bonds. The predicted molar refractivity (Wildman–Crippen MR) is 130 cm³/mol. The van der Waals surface area contributed by atoms with Crippen LogP contribution in [-0.2, 0) is 20.8 Å². The Hall–Kier alpha value is -2.90. The fourth-order valence-corrected chi connectivity index (χ4v) is 4.08. The van der Waals surface area contributed by atoms with Crippen LogP contribution in [0.15, 0.2) is 42.5 Å². The summed E-state index contributed by atoms with van der Waals surface area (Å²) in [7, 11) is 1.63. The number of amides is 3. The van der Waals surface area contributed by atoms with Gasteiger partial charge in [0.05, 0.1) is 19.5 Å². The average Bonchev–Trinajstić information content (AvgIpc) is 2.78. The first-order valence-corrected chi connectivity index (χ1v) is 11.5. The normalized spacial score (nSPS) is 14.1. The smallest absolute Gasteiger partial charge is 0.243 e. The van der Waals surface area contributed by atoms with E-state index in [9.17, 15) is 14.4 Å². The molecule has 3 rings (SSSR count). The second-order valence-electron chi connectivity index (χ2n) is 8.49. The molecule has 33 heavy (non-hydrogen) atoms. The van der Waals surface area contributed by atoms with Crippen LogP contribution in [0.4, 0.5) is 5.69 Å². The van der Waals surface area contributed by atoms with Gasteiger partial charge in [-0.05, 0) is 36.6 Å². The average molecular weight is 471 g/mol. The molecule has 2 aromatic rings. The highest BCUT2D eigenvalue weighted by atomic mass is 35.5. The van der Waals surface area contributed by atoms with E-state index >= 15 is 0 Å². The Morgan fingerprint density at radius 3 is 2.24 bits per heavy atom. The lowest BCUT2D eigenvalue weighted by Crippen LogP contribution is -2.52. The topological polar surface area (TPSA) is 73.0 Å². The van der Waals surface area contributed by atoms with E-state index in [2.05, 4.69) is 5.32 Å². The van der Waals surface area contributed by atoms with Gasteiger partial charge in [-0.25, -0.2) is 0 Å². The second kappa shape index (κ2) is 11.3. The van der Waals surface area contributed by atoms with Gasteiger partial charge in [0.25, 0.3) is 0 Å². The van der Waals surface area contributed by atoms with Crippen molar-refractivity contribution in [2.24, 2.45) is 0 Å². The number of hydrogen-bond acceptors (Lipinski definition) is 4. The lowest BCUT2D eigenvalue weighted by molar-refractivity contribution is -0.136. The fraction of sp³-hybridized carbons (Fsp3) is 0.400. The Bertz CT molecular complexity index is 998. The highest BCUT2D eigenvalue weighted by Gasteiger charge is 2.24. The van der Waals surface area contributed by atoms with Crippen molar-refractivity contribution in [3.63, 3.8) is 0 Å². The molecule has 176 valence electrons. The number of para-hydroxylation sites is 1. The SMILES string of the molecule is Cc1cccc(C)c1NC(=O)CN(C)C(=O)CN1CCN(C(=O)Cc2ccccc2Cl)CC1. The summed E-state index contributed by atoms with van der Waals surface area (Å²) >= 11 is 6.16. The second-order valence-corrected chi connectivity index (χ2v) is 8.90. The van der Waals surface area contributed by atoms with Crippen molar-refractivity contribution in [2.45, 2.75) is 20.3 Å². The number of nitrogens with one attached hydrogen (secondary N) is 1. The van der Waals surface area contributed by atoms with Crippen LogP contribution < -0.4 is 5.32 Å². The molecule has 1 heterocycles. The number of benzene rings is 2. The molecule has 0 spiro atoms. The zero-order valence-corrected chi connectivity index (χ0v) is 20.2. The molecule has 0 saturated carbocycles. The van der Waals surface area contributed by atoms with E-state index in [0.29, 0.717) is 31.2 Å². The Morgan fingerprint density at radius 1 is 0.970 bits per heavy atom. The summed E-state index contributed by atoms with van der Waals surface area (Å²) in [6.07, 6.45) is 0.275. The number of rotatable bonds is 7. The van der Waals surface area contributed by atoms with Crippen LogP contribution in [0.1, 0.15) is 16.7 Å². The van der Waals surface area contributed by atoms with E-state index in [1.165, 1.54) is 4.90 Å². The van der Waals surface area contributed by atoms with Crippen LogP contribution in [0, 0.1) is 13.8 Å². The first-order chi connectivity index (χ1) is 15.7. The van der Waals surface area contributed by atoms with Crippen LogP contribution in [0.25, 0.3) is 0 Å². The van der Waals surface area contributed by atoms with Crippen molar-refractivity contribution < 1.29 is 14.4 Å². The molecule has 1 aliphatic heterocycles. The van der Waals surface area contributed by atoms with E-state index in [1.807, 2.05) is 60.0 Å². The van der Waals surface area contributed by atoms with Crippen LogP contribution in [0.2, 0.25) is 5.02 Å². The zero-order chi connectivity index (χ0) is 24.0. The number of anilines is 1. The molecule has 1 fully saturated rings. The monoisotopic (exact) mass is 470 g/mol. The molecule has 0 bridgehead atoms. The molecule has 1 saturated heterocycles. The van der Waals surface area contributed by atoms with Crippen LogP contribution in [0.3, 0.4) is 0 Å². The van der Waals surface area contributed by atoms with E-state index in [0.717, 1.165) is 22.4 Å². The quantitative estimate of drug-likeness (QED) is 0.675. The summed E-state index contributed by atoms with van der Waals surface area (Å²) in [5.41, 5.74) is 3.59. The molecule has 1 N–H and O–H groups in total. The van der Waals surface area contributed by atoms with E-state index in [-0.39, 0.29) is 37.2 Å². The van der Waals surface area contributed by atoms with Gasteiger partial charge in [-0.2, -0.15) is 0 Å². The molecular weight excluding hydrogens is 440 g/mol. The third kappa shape index (κ3) is 6.79. The van der Waals surface area contributed by atoms with E-state index in [1.54, 1.807) is 13.1 Å². The molecule has 2 aromatic carbocycles. The lowest BCUT2D eigenvalue weighted by Gasteiger charge is -2.35. The van der Waals surface area contributed by atoms with Crippen LogP contribution in [0.5, 0.6) is 0 Å². The summed E-state index contributed by atoms with van der Waals surface area (Å²) in [6.45, 7) is 6.45. The number of piperazine rings is 1. The van der Waals surface area contributed by atoms with Crippen molar-refractivity contribution in [1.82, 2.24) is 14.7 Å². The number of nitrogens with zero attached hydrogens (tertiary/aromatic N) is 3. The lowest BCUT2D eigenvalue weighted by atomic mass is 10.1. The highest BCUT2D eigenvalue weighted by molar-refractivity contribution is 6.31. The minimum absolute atomic E-state index is 0.0110. The van der Waals surface area contributed by atoms with Crippen molar-refractivity contribution >= 4 is 35.0 Å². The Morgan fingerprint density at radius 2 is 1.61 bits per heavy atom. The summed E-state index contributed by atoms with van der Waals surface area (Å²) < 4.78 is 0. The summed E-state index contributed by atoms with van der Waals surface area (Å²) in [5.74, 6) is -0.310. The van der Waals surface area contributed by atoms with Crippen molar-refractivity contribution in [3.8, 4) is 0 Å². The molecule has 1 aliphatic rings. The zero-order valence-electron chi connectivity index (χ0n) is 19.4. The first-order valence-electron chi connectivity index (χ1n) is 11.1. The summed E-state index contributed by atoms with van der Waals surface area (Å²) in [4.78, 5) is 43.0. The van der Waals surface area contributed by atoms with Crippen LogP contribution >= 0.6 is 11.6 Å². The van der Waals surface area contributed by atoms with Gasteiger partial charge < -0.3 is 15.1 Å². The third-order valence-electron chi connectivity index (χ3n) is 5.94. The first kappa shape index (κ1) is 24.7. The highest BCUT2D eigenvalue weighted by Crippen LogP contribution is 2.19. The molecule has 0 aromatic heterocycles. The number of halogens is 1. The van der Waals surface area contributed by atoms with Gasteiger partial charge >= 0.3 is 0 Å². The Labute approximate surface area is 200 Å². The molecule has 0 unspecified atom stereocenters. The summed E-state index contributed by atoms with van der Waals surface area (Å²) in [5, 5.41) is 3.51. The van der Waals surface area contributed by atoms with Gasteiger partial charge in [0.2, 0.25) is 17.7 Å². The van der Waals surface area contributed by atoms with Crippen LogP contribution in [-0.4, -0.2) is 78.7 Å². The standard InChI is InChI=1S/C25H31ClN4O3/c1-18-7-6-8-19(2)25(18)27-22(31)16-28(3)24(33)17-29-11-13-30(14-12-29)23(32)15-20-9-4-5-10-21(20)26/h4-10H,11-17H2,1-3H3,(H,27,31). The number of aryl methyl sites for hydroxylation is 2. The van der Waals surface area contributed by atoms with E-state index < -0.39 is 0 Å². The molecular formula is C25H31ClN4O3. The van der Waals surface area contributed by atoms with Gasteiger partial charge in [0.15, 0.2) is 0 Å². The van der Waals surface area contributed by atoms with E-state index in [4.69, 9.17) is 11.6 Å². The minimum atomic E-state index is -0.224. The van der Waals surface area contributed by atoms with Crippen molar-refractivity contribution in [2.75, 3.05) is 51.6 Å². The van der Waals surface area contributed by atoms with Gasteiger partial charge in [-0.1, -0.05) is 48.0 Å². The maximum Gasteiger partial charge on any atom is 0.243 e. The molecule has 0 radical (unpaired) electrons. The Balaban J connectivity index is 1.43. The maximum atomic E-state index is 12.6. The van der Waals surface area contributed by atoms with Gasteiger partial charge in [0, 0.05) is 43.9 Å². The number of likely N-dealkylation sites (N-methyl/N-ethyl adjacent to an activating group) is 1. The predicted octanol–water partition coefficient (Wildman–Crippen LogP) is 2.74. The fourth-order valence-electron chi connectivity index (χ4n) is 3.88. The van der Waals surface area contributed by atoms with Crippen molar-refractivity contribution in [3.05, 3.63) is 64.2 Å². The number of hydrogen-bond donors (Lipinski definition) is 1. The number of carbonyl (C=O) groups is 3. The van der Waals surface area contributed by atoms with Crippen molar-refractivity contribution in [1.29, 1.82) is 0 Å². The largest absolute Gasteiger partial charge is 0.340 e. The molecule has 7 nitrogen and oxygen atoms in total. The minimum Gasteiger partial charge on any atom is -0.340 e. The number of carbonyl (C=O) groups excluding carboxylic acids is 3. The van der Waals surface area contributed by atoms with Gasteiger partial charge in [0.1, 0.15) is 0 Å². The molecule has 8 heteroatoms. The van der Waals surface area contributed by atoms with Gasteiger partial charge in [-0.15, -0.1) is 0 Å². The maximum absolute atomic E-state index is 12.6.